The van der Waals surface area contributed by atoms with Gasteiger partial charge in [0.25, 0.3) is 0 Å². The minimum Gasteiger partial charge on any atom is -0.382 e. The maximum absolute atomic E-state index is 12.2. The molecule has 21 heavy (non-hydrogen) atoms. The van der Waals surface area contributed by atoms with Gasteiger partial charge in [-0.15, -0.1) is 11.8 Å². The van der Waals surface area contributed by atoms with Crippen molar-refractivity contribution in [3.05, 3.63) is 29.3 Å². The van der Waals surface area contributed by atoms with Gasteiger partial charge >= 0.3 is 6.03 Å². The number of carbonyl (C=O) groups is 1. The number of hydrazone groups is 1. The number of urea groups is 1. The Bertz CT molecular complexity index is 559. The minimum absolute atomic E-state index is 0.0289. The Balaban J connectivity index is 2.29. The highest BCUT2D eigenvalue weighted by Crippen LogP contribution is 2.24. The van der Waals surface area contributed by atoms with Crippen LogP contribution in [-0.2, 0) is 6.42 Å². The standard InChI is InChI=1S/C15H22N4OS/c1-4-7-17-15(20)19-10(2)8-11-9-12(21-3)5-6-13(11)14(16)18-19/h5-6,9-10H,4,7-8H2,1-3H3,(H2,16,18)(H,17,20). The predicted molar refractivity (Wildman–Crippen MR) is 87.6 cm³/mol. The average Bonchev–Trinajstić information content (AvgIpc) is 2.61. The van der Waals surface area contributed by atoms with Crippen molar-refractivity contribution < 1.29 is 4.79 Å². The zero-order valence-corrected chi connectivity index (χ0v) is 13.5. The summed E-state index contributed by atoms with van der Waals surface area (Å²) >= 11 is 1.70. The number of nitrogens with two attached hydrogens (primary N) is 1. The lowest BCUT2D eigenvalue weighted by atomic mass is 10.0. The second-order valence-corrected chi connectivity index (χ2v) is 6.02. The van der Waals surface area contributed by atoms with Crippen LogP contribution in [0.3, 0.4) is 0 Å². The van der Waals surface area contributed by atoms with E-state index >= 15 is 0 Å². The molecule has 0 fully saturated rings. The van der Waals surface area contributed by atoms with E-state index in [0.717, 1.165) is 24.0 Å². The molecule has 0 aliphatic carbocycles. The Morgan fingerprint density at radius 2 is 2.33 bits per heavy atom. The molecular weight excluding hydrogens is 284 g/mol. The van der Waals surface area contributed by atoms with Crippen LogP contribution < -0.4 is 11.1 Å². The van der Waals surface area contributed by atoms with E-state index in [1.54, 1.807) is 11.8 Å². The number of hydrogen-bond donors (Lipinski definition) is 2. The fraction of sp³-hybridized carbons (Fsp3) is 0.467. The van der Waals surface area contributed by atoms with Gasteiger partial charge in [-0.05, 0) is 49.8 Å². The summed E-state index contributed by atoms with van der Waals surface area (Å²) in [7, 11) is 0. The molecule has 1 aromatic rings. The summed E-state index contributed by atoms with van der Waals surface area (Å²) in [6, 6.07) is 5.93. The van der Waals surface area contributed by atoms with Crippen LogP contribution in [0.15, 0.2) is 28.2 Å². The Morgan fingerprint density at radius 1 is 1.57 bits per heavy atom. The lowest BCUT2D eigenvalue weighted by Crippen LogP contribution is -2.43. The quantitative estimate of drug-likeness (QED) is 0.842. The second kappa shape index (κ2) is 6.85. The number of nitrogens with one attached hydrogen (secondary N) is 1. The predicted octanol–water partition coefficient (Wildman–Crippen LogP) is 2.40. The van der Waals surface area contributed by atoms with Gasteiger partial charge in [0, 0.05) is 17.0 Å². The lowest BCUT2D eigenvalue weighted by Gasteiger charge is -2.23. The van der Waals surface area contributed by atoms with Gasteiger partial charge in [0.05, 0.1) is 6.04 Å². The first kappa shape index (κ1) is 15.7. The van der Waals surface area contributed by atoms with Crippen LogP contribution in [-0.4, -0.2) is 35.7 Å². The fourth-order valence-electron chi connectivity index (χ4n) is 2.35. The van der Waals surface area contributed by atoms with Crippen LogP contribution in [0.5, 0.6) is 0 Å². The summed E-state index contributed by atoms with van der Waals surface area (Å²) in [5, 5.41) is 8.63. The number of thioether (sulfide) groups is 1. The molecule has 0 aromatic heterocycles. The summed E-state index contributed by atoms with van der Waals surface area (Å²) in [5.41, 5.74) is 8.14. The lowest BCUT2D eigenvalue weighted by molar-refractivity contribution is 0.182. The van der Waals surface area contributed by atoms with Crippen molar-refractivity contribution in [3.63, 3.8) is 0 Å². The second-order valence-electron chi connectivity index (χ2n) is 5.14. The van der Waals surface area contributed by atoms with E-state index in [2.05, 4.69) is 16.5 Å². The molecule has 1 heterocycles. The number of fused-ring (bicyclic) bond motifs is 1. The molecule has 1 aromatic carbocycles. The molecule has 3 N–H and O–H groups in total. The van der Waals surface area contributed by atoms with E-state index in [-0.39, 0.29) is 12.1 Å². The first-order valence-corrected chi connectivity index (χ1v) is 8.37. The molecule has 1 aliphatic heterocycles. The van der Waals surface area contributed by atoms with Crippen LogP contribution in [0.25, 0.3) is 0 Å². The van der Waals surface area contributed by atoms with Crippen molar-refractivity contribution in [2.24, 2.45) is 10.8 Å². The van der Waals surface area contributed by atoms with Gasteiger partial charge in [-0.25, -0.2) is 9.80 Å². The van der Waals surface area contributed by atoms with E-state index < -0.39 is 0 Å². The number of nitrogens with zero attached hydrogens (tertiary/aromatic N) is 2. The Labute approximate surface area is 130 Å². The largest absolute Gasteiger partial charge is 0.382 e. The molecule has 1 unspecified atom stereocenters. The van der Waals surface area contributed by atoms with Gasteiger partial charge in [-0.3, -0.25) is 0 Å². The summed E-state index contributed by atoms with van der Waals surface area (Å²) in [5.74, 6) is 0.397. The summed E-state index contributed by atoms with van der Waals surface area (Å²) in [6.45, 7) is 4.65. The van der Waals surface area contributed by atoms with Crippen LogP contribution in [0.1, 0.15) is 31.4 Å². The maximum Gasteiger partial charge on any atom is 0.338 e. The molecule has 0 radical (unpaired) electrons. The van der Waals surface area contributed by atoms with E-state index in [4.69, 9.17) is 5.73 Å². The molecule has 0 spiro atoms. The van der Waals surface area contributed by atoms with Crippen LogP contribution >= 0.6 is 11.8 Å². The topological polar surface area (TPSA) is 70.7 Å². The molecule has 0 bridgehead atoms. The van der Waals surface area contributed by atoms with Crippen LogP contribution in [0.4, 0.5) is 4.79 Å². The average molecular weight is 306 g/mol. The first-order chi connectivity index (χ1) is 10.1. The molecule has 1 atom stereocenters. The monoisotopic (exact) mass is 306 g/mol. The van der Waals surface area contributed by atoms with Crippen molar-refractivity contribution in [2.75, 3.05) is 12.8 Å². The van der Waals surface area contributed by atoms with E-state index in [9.17, 15) is 4.79 Å². The van der Waals surface area contributed by atoms with Crippen LogP contribution in [0.2, 0.25) is 0 Å². The van der Waals surface area contributed by atoms with Crippen molar-refractivity contribution in [1.29, 1.82) is 0 Å². The number of benzene rings is 1. The Morgan fingerprint density at radius 3 is 3.00 bits per heavy atom. The third kappa shape index (κ3) is 3.50. The SMILES string of the molecule is CCCNC(=O)N1N=C(N)c2ccc(SC)cc2CC1C. The summed E-state index contributed by atoms with van der Waals surface area (Å²) in [6.07, 6.45) is 3.68. The summed E-state index contributed by atoms with van der Waals surface area (Å²) < 4.78 is 0. The number of carbonyl (C=O) groups excluding carboxylic acids is 1. The van der Waals surface area contributed by atoms with Gasteiger partial charge in [-0.2, -0.15) is 5.10 Å². The van der Waals surface area contributed by atoms with Gasteiger partial charge in [0.1, 0.15) is 0 Å². The van der Waals surface area contributed by atoms with Gasteiger partial charge in [0.2, 0.25) is 0 Å². The van der Waals surface area contributed by atoms with Crippen molar-refractivity contribution >= 4 is 23.6 Å². The molecule has 114 valence electrons. The minimum atomic E-state index is -0.190. The number of amides is 2. The molecule has 6 heteroatoms. The number of rotatable bonds is 3. The van der Waals surface area contributed by atoms with Crippen molar-refractivity contribution in [2.45, 2.75) is 37.6 Å². The Kier molecular flexibility index (Phi) is 5.12. The molecule has 5 nitrogen and oxygen atoms in total. The molecule has 1 aliphatic rings. The molecular formula is C15H22N4OS. The Hall–Kier alpha value is -1.69. The van der Waals surface area contributed by atoms with Crippen LogP contribution in [0, 0.1) is 0 Å². The molecule has 2 amide bonds. The fourth-order valence-corrected chi connectivity index (χ4v) is 2.81. The third-order valence-electron chi connectivity index (χ3n) is 3.47. The van der Waals surface area contributed by atoms with E-state index in [0.29, 0.717) is 12.4 Å². The number of hydrogen-bond acceptors (Lipinski definition) is 4. The maximum atomic E-state index is 12.2. The van der Waals surface area contributed by atoms with Crippen molar-refractivity contribution in [1.82, 2.24) is 10.3 Å². The zero-order valence-electron chi connectivity index (χ0n) is 12.7. The molecule has 0 saturated heterocycles. The van der Waals surface area contributed by atoms with Crippen molar-refractivity contribution in [3.8, 4) is 0 Å². The summed E-state index contributed by atoms with van der Waals surface area (Å²) in [4.78, 5) is 13.4. The molecule has 2 rings (SSSR count). The molecule has 0 saturated carbocycles. The highest BCUT2D eigenvalue weighted by molar-refractivity contribution is 7.98. The third-order valence-corrected chi connectivity index (χ3v) is 4.20. The van der Waals surface area contributed by atoms with Gasteiger partial charge in [-0.1, -0.05) is 6.92 Å². The van der Waals surface area contributed by atoms with Gasteiger partial charge < -0.3 is 11.1 Å². The number of amidine groups is 1. The smallest absolute Gasteiger partial charge is 0.338 e. The first-order valence-electron chi connectivity index (χ1n) is 7.15. The van der Waals surface area contributed by atoms with E-state index in [1.165, 1.54) is 9.90 Å². The van der Waals surface area contributed by atoms with E-state index in [1.807, 2.05) is 32.2 Å². The van der Waals surface area contributed by atoms with Gasteiger partial charge in [0.15, 0.2) is 5.84 Å². The zero-order chi connectivity index (χ0) is 15.4. The highest BCUT2D eigenvalue weighted by atomic mass is 32.2. The highest BCUT2D eigenvalue weighted by Gasteiger charge is 2.25. The normalized spacial score (nSPS) is 17.8.